The van der Waals surface area contributed by atoms with E-state index in [0.29, 0.717) is 29.4 Å². The zero-order valence-electron chi connectivity index (χ0n) is 17.0. The number of nitrogens with one attached hydrogen (secondary N) is 1. The van der Waals surface area contributed by atoms with Crippen molar-refractivity contribution in [3.8, 4) is 0 Å². The van der Waals surface area contributed by atoms with Crippen LogP contribution in [-0.4, -0.2) is 46.5 Å². The van der Waals surface area contributed by atoms with Crippen LogP contribution in [0.1, 0.15) is 59.5 Å². The number of amides is 2. The average molecular weight is 397 g/mol. The third-order valence-corrected chi connectivity index (χ3v) is 5.75. The van der Waals surface area contributed by atoms with Crippen LogP contribution < -0.4 is 10.2 Å². The summed E-state index contributed by atoms with van der Waals surface area (Å²) < 4.78 is 5.24. The van der Waals surface area contributed by atoms with Crippen molar-refractivity contribution in [2.45, 2.75) is 52.5 Å². The van der Waals surface area contributed by atoms with Gasteiger partial charge in [0.05, 0.1) is 30.0 Å². The third-order valence-electron chi connectivity index (χ3n) is 5.75. The summed E-state index contributed by atoms with van der Waals surface area (Å²) in [5.41, 5.74) is 2.78. The van der Waals surface area contributed by atoms with Crippen molar-refractivity contribution in [3.05, 3.63) is 34.8 Å². The van der Waals surface area contributed by atoms with E-state index in [9.17, 15) is 9.59 Å². The van der Waals surface area contributed by atoms with Crippen LogP contribution in [0, 0.1) is 13.8 Å². The first-order valence-corrected chi connectivity index (χ1v) is 10.3. The van der Waals surface area contributed by atoms with Gasteiger partial charge in [-0.3, -0.25) is 9.59 Å². The summed E-state index contributed by atoms with van der Waals surface area (Å²) in [7, 11) is 0. The van der Waals surface area contributed by atoms with Crippen LogP contribution >= 0.6 is 0 Å². The van der Waals surface area contributed by atoms with Crippen molar-refractivity contribution in [1.82, 2.24) is 15.0 Å². The molecule has 4 heterocycles. The Bertz CT molecular complexity index is 896. The van der Waals surface area contributed by atoms with E-state index in [1.165, 1.54) is 6.42 Å². The summed E-state index contributed by atoms with van der Waals surface area (Å²) >= 11 is 0. The number of carbonyl (C=O) groups excluding carboxylic acids is 2. The Morgan fingerprint density at radius 3 is 2.59 bits per heavy atom. The molecule has 8 heteroatoms. The molecule has 4 rings (SSSR count). The molecule has 0 spiro atoms. The minimum absolute atomic E-state index is 0.0162. The maximum absolute atomic E-state index is 13.1. The average Bonchev–Trinajstić information content (AvgIpc) is 3.01. The molecule has 1 fully saturated rings. The van der Waals surface area contributed by atoms with Crippen molar-refractivity contribution < 1.29 is 14.1 Å². The molecule has 0 aromatic carbocycles. The van der Waals surface area contributed by atoms with E-state index >= 15 is 0 Å². The van der Waals surface area contributed by atoms with Crippen LogP contribution in [0.2, 0.25) is 0 Å². The predicted molar refractivity (Wildman–Crippen MR) is 109 cm³/mol. The number of likely N-dealkylation sites (tertiary alicyclic amines) is 1. The quantitative estimate of drug-likeness (QED) is 0.856. The fraction of sp³-hybridized carbons (Fsp3) is 0.524. The van der Waals surface area contributed by atoms with E-state index < -0.39 is 0 Å². The molecular weight excluding hydrogens is 370 g/mol. The normalized spacial score (nSPS) is 17.4. The number of nitrogens with zero attached hydrogens (tertiary/aromatic N) is 4. The number of carbonyl (C=O) groups is 2. The van der Waals surface area contributed by atoms with Gasteiger partial charge in [0.25, 0.3) is 5.91 Å². The maximum Gasteiger partial charge on any atom is 0.255 e. The maximum atomic E-state index is 13.1. The van der Waals surface area contributed by atoms with Crippen molar-refractivity contribution in [1.29, 1.82) is 0 Å². The van der Waals surface area contributed by atoms with Crippen molar-refractivity contribution in [2.24, 2.45) is 0 Å². The fourth-order valence-electron chi connectivity index (χ4n) is 3.99. The molecule has 1 N–H and O–H groups in total. The largest absolute Gasteiger partial charge is 0.361 e. The summed E-state index contributed by atoms with van der Waals surface area (Å²) in [5.74, 6) is 1.21. The molecule has 29 heavy (non-hydrogen) atoms. The zero-order valence-corrected chi connectivity index (χ0v) is 17.0. The molecule has 0 unspecified atom stereocenters. The van der Waals surface area contributed by atoms with Gasteiger partial charge in [-0.2, -0.15) is 0 Å². The van der Waals surface area contributed by atoms with Gasteiger partial charge in [-0.05, 0) is 32.8 Å². The highest BCUT2D eigenvalue weighted by Crippen LogP contribution is 2.31. The van der Waals surface area contributed by atoms with Crippen molar-refractivity contribution in [2.75, 3.05) is 29.9 Å². The van der Waals surface area contributed by atoms with E-state index in [1.54, 1.807) is 17.2 Å². The molecular formula is C21H27N5O3. The summed E-state index contributed by atoms with van der Waals surface area (Å²) in [6, 6.07) is 1.78. The highest BCUT2D eigenvalue weighted by molar-refractivity contribution is 6.04. The number of pyridine rings is 1. The van der Waals surface area contributed by atoms with Gasteiger partial charge < -0.3 is 19.6 Å². The second-order valence-electron chi connectivity index (χ2n) is 7.79. The molecule has 2 aromatic rings. The molecule has 0 saturated carbocycles. The topological polar surface area (TPSA) is 91.6 Å². The Morgan fingerprint density at radius 1 is 1.17 bits per heavy atom. The standard InChI is InChI=1S/C21H27N5O3/c1-14-17(15(2)29-24-14)13-26-18-10-16(11-22-20(18)23-12-19(26)27)21(28)25-8-6-4-3-5-7-9-25/h10-11H,3-9,12-13H2,1-2H3,(H,22,23). The number of rotatable bonds is 3. The number of hydrogen-bond acceptors (Lipinski definition) is 6. The lowest BCUT2D eigenvalue weighted by Gasteiger charge is -2.30. The first kappa shape index (κ1) is 19.4. The SMILES string of the molecule is Cc1noc(C)c1CN1C(=O)CNc2ncc(C(=O)N3CCCCCCC3)cc21. The monoisotopic (exact) mass is 397 g/mol. The van der Waals surface area contributed by atoms with Gasteiger partial charge in [-0.15, -0.1) is 0 Å². The van der Waals surface area contributed by atoms with Crippen molar-refractivity contribution >= 4 is 23.3 Å². The van der Waals surface area contributed by atoms with Crippen LogP contribution in [0.25, 0.3) is 0 Å². The van der Waals surface area contributed by atoms with Crippen LogP contribution in [0.3, 0.4) is 0 Å². The molecule has 0 bridgehead atoms. The Balaban J connectivity index is 1.62. The molecule has 2 amide bonds. The smallest absolute Gasteiger partial charge is 0.255 e. The first-order valence-electron chi connectivity index (χ1n) is 10.3. The molecule has 2 aliphatic heterocycles. The lowest BCUT2D eigenvalue weighted by Crippen LogP contribution is -2.40. The Labute approximate surface area is 170 Å². The Hall–Kier alpha value is -2.90. The second kappa shape index (κ2) is 8.23. The van der Waals surface area contributed by atoms with Gasteiger partial charge in [-0.25, -0.2) is 4.98 Å². The van der Waals surface area contributed by atoms with Gasteiger partial charge in [-0.1, -0.05) is 24.4 Å². The van der Waals surface area contributed by atoms with Gasteiger partial charge in [0.1, 0.15) is 5.76 Å². The number of hydrogen-bond donors (Lipinski definition) is 1. The fourth-order valence-corrected chi connectivity index (χ4v) is 3.99. The van der Waals surface area contributed by atoms with E-state index in [1.807, 2.05) is 18.7 Å². The van der Waals surface area contributed by atoms with E-state index in [-0.39, 0.29) is 18.4 Å². The van der Waals surface area contributed by atoms with E-state index in [2.05, 4.69) is 15.5 Å². The summed E-state index contributed by atoms with van der Waals surface area (Å²) in [6.45, 7) is 5.76. The molecule has 2 aliphatic rings. The molecule has 8 nitrogen and oxygen atoms in total. The summed E-state index contributed by atoms with van der Waals surface area (Å²) in [5, 5.41) is 7.03. The van der Waals surface area contributed by atoms with E-state index in [4.69, 9.17) is 4.52 Å². The molecule has 154 valence electrons. The number of anilines is 2. The highest BCUT2D eigenvalue weighted by atomic mass is 16.5. The lowest BCUT2D eigenvalue weighted by atomic mass is 10.1. The van der Waals surface area contributed by atoms with Gasteiger partial charge >= 0.3 is 0 Å². The first-order chi connectivity index (χ1) is 14.0. The number of aryl methyl sites for hydroxylation is 2. The van der Waals surface area contributed by atoms with Gasteiger partial charge in [0.15, 0.2) is 5.82 Å². The van der Waals surface area contributed by atoms with Crippen LogP contribution in [0.5, 0.6) is 0 Å². The van der Waals surface area contributed by atoms with Gasteiger partial charge in [0.2, 0.25) is 5.91 Å². The molecule has 2 aromatic heterocycles. The third kappa shape index (κ3) is 3.97. The summed E-state index contributed by atoms with van der Waals surface area (Å²) in [4.78, 5) is 33.8. The molecule has 0 aliphatic carbocycles. The number of aromatic nitrogens is 2. The summed E-state index contributed by atoms with van der Waals surface area (Å²) in [6.07, 6.45) is 7.24. The minimum Gasteiger partial charge on any atom is -0.361 e. The van der Waals surface area contributed by atoms with Gasteiger partial charge in [0, 0.05) is 24.8 Å². The van der Waals surface area contributed by atoms with Crippen LogP contribution in [0.4, 0.5) is 11.5 Å². The van der Waals surface area contributed by atoms with Crippen LogP contribution in [0.15, 0.2) is 16.8 Å². The second-order valence-corrected chi connectivity index (χ2v) is 7.79. The zero-order chi connectivity index (χ0) is 20.4. The van der Waals surface area contributed by atoms with Crippen molar-refractivity contribution in [3.63, 3.8) is 0 Å². The minimum atomic E-state index is -0.0739. The Kier molecular flexibility index (Phi) is 5.51. The molecule has 1 saturated heterocycles. The predicted octanol–water partition coefficient (Wildman–Crippen LogP) is 3.05. The lowest BCUT2D eigenvalue weighted by molar-refractivity contribution is -0.117. The van der Waals surface area contributed by atoms with E-state index in [0.717, 1.165) is 50.0 Å². The highest BCUT2D eigenvalue weighted by Gasteiger charge is 2.29. The number of fused-ring (bicyclic) bond motifs is 1. The molecule has 0 atom stereocenters. The van der Waals surface area contributed by atoms with Crippen LogP contribution in [-0.2, 0) is 11.3 Å². The molecule has 0 radical (unpaired) electrons. The Morgan fingerprint density at radius 2 is 1.90 bits per heavy atom.